The molecule has 21 heavy (non-hydrogen) atoms. The van der Waals surface area contributed by atoms with Crippen molar-refractivity contribution in [3.8, 4) is 0 Å². The molecule has 0 spiro atoms. The number of carbonyl (C=O) groups excluding carboxylic acids is 1. The molecule has 0 saturated carbocycles. The molecule has 0 fully saturated rings. The quantitative estimate of drug-likeness (QED) is 0.947. The van der Waals surface area contributed by atoms with Crippen LogP contribution in [0.5, 0.6) is 0 Å². The Morgan fingerprint density at radius 1 is 1.19 bits per heavy atom. The molecule has 0 atom stereocenters. The molecule has 110 valence electrons. The van der Waals surface area contributed by atoms with E-state index in [4.69, 9.17) is 11.6 Å². The van der Waals surface area contributed by atoms with Crippen LogP contribution in [0.3, 0.4) is 0 Å². The maximum Gasteiger partial charge on any atom is 0.274 e. The van der Waals surface area contributed by atoms with Crippen LogP contribution in [0.2, 0.25) is 5.02 Å². The molecular weight excluding hydrogens is 288 g/mol. The van der Waals surface area contributed by atoms with Gasteiger partial charge in [0.2, 0.25) is 0 Å². The number of hydrogen-bond acceptors (Lipinski definition) is 4. The van der Waals surface area contributed by atoms with Gasteiger partial charge < -0.3 is 10.2 Å². The summed E-state index contributed by atoms with van der Waals surface area (Å²) in [5, 5.41) is 3.41. The van der Waals surface area contributed by atoms with Gasteiger partial charge in [0.1, 0.15) is 11.5 Å². The zero-order chi connectivity index (χ0) is 15.6. The molecule has 0 unspecified atom stereocenters. The van der Waals surface area contributed by atoms with Crippen LogP contribution < -0.4 is 10.2 Å². The molecule has 0 radical (unpaired) electrons. The predicted octanol–water partition coefficient (Wildman–Crippen LogP) is 3.07. The van der Waals surface area contributed by atoms with Crippen molar-refractivity contribution in [3.05, 3.63) is 46.5 Å². The Hall–Kier alpha value is -2.14. The number of anilines is 2. The molecule has 5 nitrogen and oxygen atoms in total. The molecule has 1 amide bonds. The summed E-state index contributed by atoms with van der Waals surface area (Å²) in [6, 6.07) is 7.01. The first-order valence-electron chi connectivity index (χ1n) is 6.47. The number of nitrogens with one attached hydrogen (secondary N) is 1. The summed E-state index contributed by atoms with van der Waals surface area (Å²) in [4.78, 5) is 22.6. The van der Waals surface area contributed by atoms with Crippen LogP contribution >= 0.6 is 11.6 Å². The van der Waals surface area contributed by atoms with Crippen LogP contribution in [-0.2, 0) is 0 Å². The third kappa shape index (κ3) is 3.70. The summed E-state index contributed by atoms with van der Waals surface area (Å²) >= 11 is 6.01. The van der Waals surface area contributed by atoms with Gasteiger partial charge in [0.05, 0.1) is 11.4 Å². The largest absolute Gasteiger partial charge is 0.376 e. The van der Waals surface area contributed by atoms with Gasteiger partial charge in [0.25, 0.3) is 5.91 Å². The van der Waals surface area contributed by atoms with E-state index in [9.17, 15) is 4.79 Å². The third-order valence-electron chi connectivity index (χ3n) is 2.89. The van der Waals surface area contributed by atoms with Gasteiger partial charge >= 0.3 is 0 Å². The first-order valence-corrected chi connectivity index (χ1v) is 6.85. The van der Waals surface area contributed by atoms with Gasteiger partial charge in [-0.25, -0.2) is 9.97 Å². The van der Waals surface area contributed by atoms with E-state index in [1.165, 1.54) is 0 Å². The minimum atomic E-state index is -0.283. The van der Waals surface area contributed by atoms with Gasteiger partial charge in [0, 0.05) is 24.8 Å². The molecule has 0 aliphatic rings. The van der Waals surface area contributed by atoms with Gasteiger partial charge in [0.15, 0.2) is 0 Å². The van der Waals surface area contributed by atoms with E-state index in [0.29, 0.717) is 22.2 Å². The molecule has 1 heterocycles. The molecule has 2 rings (SSSR count). The smallest absolute Gasteiger partial charge is 0.274 e. The highest BCUT2D eigenvalue weighted by molar-refractivity contribution is 6.31. The second-order valence-electron chi connectivity index (χ2n) is 4.95. The number of carbonyl (C=O) groups is 1. The highest BCUT2D eigenvalue weighted by atomic mass is 35.5. The Morgan fingerprint density at radius 2 is 1.90 bits per heavy atom. The summed E-state index contributed by atoms with van der Waals surface area (Å²) < 4.78 is 0. The van der Waals surface area contributed by atoms with E-state index in [0.717, 1.165) is 11.4 Å². The fourth-order valence-electron chi connectivity index (χ4n) is 2.02. The maximum atomic E-state index is 12.3. The lowest BCUT2D eigenvalue weighted by molar-refractivity contribution is 0.102. The lowest BCUT2D eigenvalue weighted by Crippen LogP contribution is -2.18. The van der Waals surface area contributed by atoms with Crippen LogP contribution in [-0.4, -0.2) is 30.0 Å². The average molecular weight is 305 g/mol. The van der Waals surface area contributed by atoms with E-state index < -0.39 is 0 Å². The Labute approximate surface area is 129 Å². The molecule has 0 bridgehead atoms. The number of aromatic nitrogens is 2. The minimum absolute atomic E-state index is 0.283. The van der Waals surface area contributed by atoms with Gasteiger partial charge in [-0.3, -0.25) is 4.79 Å². The summed E-state index contributed by atoms with van der Waals surface area (Å²) in [6.07, 6.45) is 0. The number of nitrogens with zero attached hydrogens (tertiary/aromatic N) is 3. The van der Waals surface area contributed by atoms with Crippen molar-refractivity contribution in [3.63, 3.8) is 0 Å². The van der Waals surface area contributed by atoms with E-state index >= 15 is 0 Å². The second-order valence-corrected chi connectivity index (χ2v) is 5.39. The number of aryl methyl sites for hydroxylation is 2. The van der Waals surface area contributed by atoms with Crippen LogP contribution in [0.1, 0.15) is 22.0 Å². The van der Waals surface area contributed by atoms with Crippen molar-refractivity contribution < 1.29 is 4.79 Å². The monoisotopic (exact) mass is 304 g/mol. The number of hydrogen-bond donors (Lipinski definition) is 1. The molecule has 1 aromatic heterocycles. The van der Waals surface area contributed by atoms with Crippen molar-refractivity contribution in [1.29, 1.82) is 0 Å². The van der Waals surface area contributed by atoms with E-state index in [1.807, 2.05) is 32.0 Å². The summed E-state index contributed by atoms with van der Waals surface area (Å²) in [5.74, 6) is 0.285. The molecule has 6 heteroatoms. The molecule has 2 aromatic rings. The zero-order valence-corrected chi connectivity index (χ0v) is 13.2. The topological polar surface area (TPSA) is 58.1 Å². The van der Waals surface area contributed by atoms with Crippen LogP contribution in [0.25, 0.3) is 0 Å². The molecular formula is C15H17ClN4O. The van der Waals surface area contributed by atoms with Gasteiger partial charge in [-0.15, -0.1) is 0 Å². The Morgan fingerprint density at radius 3 is 2.52 bits per heavy atom. The van der Waals surface area contributed by atoms with Gasteiger partial charge in [-0.05, 0) is 38.1 Å². The number of rotatable bonds is 3. The van der Waals surface area contributed by atoms with E-state index in [2.05, 4.69) is 15.3 Å². The van der Waals surface area contributed by atoms with Crippen LogP contribution in [0.4, 0.5) is 11.4 Å². The minimum Gasteiger partial charge on any atom is -0.376 e. The fourth-order valence-corrected chi connectivity index (χ4v) is 2.19. The van der Waals surface area contributed by atoms with Crippen molar-refractivity contribution in [2.75, 3.05) is 24.3 Å². The number of benzene rings is 1. The lowest BCUT2D eigenvalue weighted by atomic mass is 10.2. The lowest BCUT2D eigenvalue weighted by Gasteiger charge is -2.18. The van der Waals surface area contributed by atoms with Crippen LogP contribution in [0, 0.1) is 13.8 Å². The number of amides is 1. The van der Waals surface area contributed by atoms with Crippen molar-refractivity contribution in [2.24, 2.45) is 0 Å². The second kappa shape index (κ2) is 6.10. The molecule has 0 aliphatic heterocycles. The first kappa shape index (κ1) is 15.3. The summed E-state index contributed by atoms with van der Waals surface area (Å²) in [7, 11) is 3.80. The Bertz CT molecular complexity index is 665. The summed E-state index contributed by atoms with van der Waals surface area (Å²) in [6.45, 7) is 3.59. The molecule has 0 saturated heterocycles. The van der Waals surface area contributed by atoms with Crippen molar-refractivity contribution in [1.82, 2.24) is 9.97 Å². The summed E-state index contributed by atoms with van der Waals surface area (Å²) in [5.41, 5.74) is 2.61. The maximum absolute atomic E-state index is 12.3. The van der Waals surface area contributed by atoms with Crippen molar-refractivity contribution >= 4 is 28.9 Å². The average Bonchev–Trinajstić information content (AvgIpc) is 2.37. The highest BCUT2D eigenvalue weighted by Gasteiger charge is 2.13. The van der Waals surface area contributed by atoms with Crippen LogP contribution in [0.15, 0.2) is 24.3 Å². The van der Waals surface area contributed by atoms with Gasteiger partial charge in [-0.1, -0.05) is 11.6 Å². The third-order valence-corrected chi connectivity index (χ3v) is 3.12. The normalized spacial score (nSPS) is 10.3. The molecule has 1 N–H and O–H groups in total. The van der Waals surface area contributed by atoms with Gasteiger partial charge in [-0.2, -0.15) is 0 Å². The standard InChI is InChI=1S/C15H17ClN4O/c1-9-7-13(18-10(2)17-9)15(21)19-12-8-11(16)5-6-14(12)20(3)4/h5-8H,1-4H3,(H,19,21). The van der Waals surface area contributed by atoms with E-state index in [-0.39, 0.29) is 5.91 Å². The zero-order valence-electron chi connectivity index (χ0n) is 12.4. The Balaban J connectivity index is 2.33. The SMILES string of the molecule is Cc1cc(C(=O)Nc2cc(Cl)ccc2N(C)C)nc(C)n1. The predicted molar refractivity (Wildman–Crippen MR) is 85.2 cm³/mol. The van der Waals surface area contributed by atoms with Crippen molar-refractivity contribution in [2.45, 2.75) is 13.8 Å². The Kier molecular flexibility index (Phi) is 4.43. The highest BCUT2D eigenvalue weighted by Crippen LogP contribution is 2.28. The number of halogens is 1. The fraction of sp³-hybridized carbons (Fsp3) is 0.267. The first-order chi connectivity index (χ1) is 9.86. The molecule has 0 aliphatic carbocycles. The van der Waals surface area contributed by atoms with E-state index in [1.54, 1.807) is 25.1 Å². The molecule has 1 aromatic carbocycles.